The lowest BCUT2D eigenvalue weighted by molar-refractivity contribution is -0.143. The predicted octanol–water partition coefficient (Wildman–Crippen LogP) is 11.6. The molecule has 8 nitrogen and oxygen atoms in total. The van der Waals surface area contributed by atoms with Gasteiger partial charge in [0.25, 0.3) is 0 Å². The minimum atomic E-state index is -0.627. The molecule has 0 spiro atoms. The highest BCUT2D eigenvalue weighted by Crippen LogP contribution is 2.42. The third kappa shape index (κ3) is 8.54. The molecule has 1 atom stereocenters. The SMILES string of the molecule is CCOC(=O)CCc1cccc(C2(C)CCCCC(C)(C)c3cnn(c3)Cc3c(c(F)cc4c3ccn4Sc3ccc(C)cc3)Sc3ccc(F)c(c3)-c3nc2nn3C)c1. The van der Waals surface area contributed by atoms with Crippen LogP contribution in [-0.2, 0) is 40.4 Å². The summed E-state index contributed by atoms with van der Waals surface area (Å²) in [6.07, 6.45) is 10.3. The number of esters is 1. The standard InChI is InChI=1S/C48H50F2N6O2S2/c1-7-58-43(57)20-15-32-11-10-12-33(25-32)48(5)23-9-8-22-47(3,4)34-28-51-55(29-34)30-39-37-21-24-56(60-35-16-13-31(2)14-17-35)42(37)27-41(50)44(39)59-36-18-19-40(49)38(26-36)45-52-46(48)53-54(45)6/h10-14,16-19,21,24-29H,7-9,15,20,22-23,30H2,1-6H3. The number of aryl methyl sites for hydroxylation is 3. The fourth-order valence-electron chi connectivity index (χ4n) is 8.13. The fourth-order valence-corrected chi connectivity index (χ4v) is 9.99. The Morgan fingerprint density at radius 1 is 0.950 bits per heavy atom. The molecular weight excluding hydrogens is 795 g/mol. The molecule has 0 amide bonds. The summed E-state index contributed by atoms with van der Waals surface area (Å²) in [4.78, 5) is 19.5. The van der Waals surface area contributed by atoms with Crippen LogP contribution in [0.15, 0.2) is 112 Å². The number of fused-ring (bicyclic) bond motifs is 10. The molecule has 8 rings (SSSR count). The highest BCUT2D eigenvalue weighted by Gasteiger charge is 2.35. The van der Waals surface area contributed by atoms with Crippen LogP contribution in [0.2, 0.25) is 0 Å². The van der Waals surface area contributed by atoms with Gasteiger partial charge in [-0.3, -0.25) is 13.4 Å². The van der Waals surface area contributed by atoms with E-state index in [1.54, 1.807) is 41.9 Å². The van der Waals surface area contributed by atoms with E-state index >= 15 is 8.78 Å². The Balaban J connectivity index is 1.23. The maximum absolute atomic E-state index is 16.7. The molecule has 1 aliphatic rings. The monoisotopic (exact) mass is 844 g/mol. The number of nitrogens with zero attached hydrogens (tertiary/aromatic N) is 6. The molecule has 7 aromatic rings. The quantitative estimate of drug-likeness (QED) is 0.148. The van der Waals surface area contributed by atoms with Crippen LogP contribution in [0.4, 0.5) is 8.78 Å². The van der Waals surface area contributed by atoms with Gasteiger partial charge in [-0.1, -0.05) is 80.4 Å². The van der Waals surface area contributed by atoms with Crippen LogP contribution in [0, 0.1) is 18.6 Å². The van der Waals surface area contributed by atoms with Crippen molar-refractivity contribution in [2.45, 2.75) is 105 Å². The first-order chi connectivity index (χ1) is 28.8. The van der Waals surface area contributed by atoms with Gasteiger partial charge in [-0.2, -0.15) is 10.2 Å². The van der Waals surface area contributed by atoms with Crippen molar-refractivity contribution in [3.8, 4) is 11.4 Å². The highest BCUT2D eigenvalue weighted by molar-refractivity contribution is 7.99. The van der Waals surface area contributed by atoms with Gasteiger partial charge in [-0.25, -0.2) is 18.4 Å². The van der Waals surface area contributed by atoms with Crippen molar-refractivity contribution in [3.05, 3.63) is 143 Å². The van der Waals surface area contributed by atoms with E-state index in [0.717, 1.165) is 63.7 Å². The number of benzene rings is 4. The minimum Gasteiger partial charge on any atom is -0.466 e. The van der Waals surface area contributed by atoms with Gasteiger partial charge in [-0.05, 0) is 116 Å². The van der Waals surface area contributed by atoms with Crippen molar-refractivity contribution in [2.24, 2.45) is 7.05 Å². The van der Waals surface area contributed by atoms with E-state index in [1.807, 2.05) is 46.2 Å². The molecule has 0 saturated heterocycles. The number of hydrogen-bond donors (Lipinski definition) is 0. The molecule has 60 heavy (non-hydrogen) atoms. The number of carbonyl (C=O) groups excluding carboxylic acids is 1. The summed E-state index contributed by atoms with van der Waals surface area (Å²) in [7, 11) is 1.79. The second-order valence-electron chi connectivity index (χ2n) is 16.6. The lowest BCUT2D eigenvalue weighted by Crippen LogP contribution is -2.26. The molecule has 0 radical (unpaired) electrons. The molecule has 3 aromatic heterocycles. The summed E-state index contributed by atoms with van der Waals surface area (Å²) < 4.78 is 43.5. The van der Waals surface area contributed by atoms with Crippen molar-refractivity contribution in [2.75, 3.05) is 6.61 Å². The average molecular weight is 845 g/mol. The molecule has 0 N–H and O–H groups in total. The van der Waals surface area contributed by atoms with Crippen LogP contribution in [0.3, 0.4) is 0 Å². The van der Waals surface area contributed by atoms with Gasteiger partial charge in [0, 0.05) is 47.1 Å². The summed E-state index contributed by atoms with van der Waals surface area (Å²) in [5.74, 6) is -0.0523. The summed E-state index contributed by atoms with van der Waals surface area (Å²) in [5.41, 5.74) is 5.39. The Labute approximate surface area is 358 Å². The highest BCUT2D eigenvalue weighted by atomic mass is 32.2. The van der Waals surface area contributed by atoms with Crippen LogP contribution in [0.1, 0.15) is 93.4 Å². The summed E-state index contributed by atoms with van der Waals surface area (Å²) in [5, 5.41) is 10.7. The van der Waals surface area contributed by atoms with Crippen LogP contribution >= 0.6 is 23.7 Å². The molecule has 310 valence electrons. The first-order valence-corrected chi connectivity index (χ1v) is 22.1. The van der Waals surface area contributed by atoms with E-state index in [2.05, 4.69) is 70.3 Å². The topological polar surface area (TPSA) is 79.8 Å². The normalized spacial score (nSPS) is 16.8. The van der Waals surface area contributed by atoms with E-state index in [0.29, 0.717) is 47.4 Å². The van der Waals surface area contributed by atoms with E-state index in [-0.39, 0.29) is 22.8 Å². The first-order valence-electron chi connectivity index (χ1n) is 20.6. The fraction of sp³-hybridized carbons (Fsp3) is 0.333. The number of carbonyl (C=O) groups is 1. The van der Waals surface area contributed by atoms with E-state index in [4.69, 9.17) is 19.9 Å². The maximum Gasteiger partial charge on any atom is 0.306 e. The average Bonchev–Trinajstić information content (AvgIpc) is 3.98. The van der Waals surface area contributed by atoms with Crippen molar-refractivity contribution in [1.82, 2.24) is 28.5 Å². The van der Waals surface area contributed by atoms with E-state index in [9.17, 15) is 4.79 Å². The molecule has 1 aliphatic heterocycles. The second kappa shape index (κ2) is 17.0. The smallest absolute Gasteiger partial charge is 0.306 e. The van der Waals surface area contributed by atoms with Gasteiger partial charge in [-0.15, -0.1) is 0 Å². The van der Waals surface area contributed by atoms with Crippen molar-refractivity contribution >= 4 is 40.6 Å². The van der Waals surface area contributed by atoms with Gasteiger partial charge in [0.15, 0.2) is 11.6 Å². The number of rotatable bonds is 7. The molecule has 12 heteroatoms. The Kier molecular flexibility index (Phi) is 11.8. The van der Waals surface area contributed by atoms with Gasteiger partial charge in [0.1, 0.15) is 11.6 Å². The van der Waals surface area contributed by atoms with Crippen LogP contribution < -0.4 is 0 Å². The summed E-state index contributed by atoms with van der Waals surface area (Å²) in [6, 6.07) is 25.1. The molecule has 0 saturated carbocycles. The lowest BCUT2D eigenvalue weighted by Gasteiger charge is -2.29. The van der Waals surface area contributed by atoms with Crippen molar-refractivity contribution in [3.63, 3.8) is 0 Å². The Bertz CT molecular complexity index is 2680. The summed E-state index contributed by atoms with van der Waals surface area (Å²) >= 11 is 2.82. The summed E-state index contributed by atoms with van der Waals surface area (Å²) in [6.45, 7) is 11.2. The zero-order valence-electron chi connectivity index (χ0n) is 35.0. The van der Waals surface area contributed by atoms with Crippen LogP contribution in [-0.4, -0.2) is 41.1 Å². The lowest BCUT2D eigenvalue weighted by atomic mass is 9.75. The van der Waals surface area contributed by atoms with Crippen LogP contribution in [0.25, 0.3) is 22.3 Å². The van der Waals surface area contributed by atoms with Crippen LogP contribution in [0.5, 0.6) is 0 Å². The molecule has 6 bridgehead atoms. The van der Waals surface area contributed by atoms with Gasteiger partial charge in [0.2, 0.25) is 0 Å². The van der Waals surface area contributed by atoms with Gasteiger partial charge in [0.05, 0.1) is 40.7 Å². The Morgan fingerprint density at radius 3 is 2.55 bits per heavy atom. The first kappa shape index (κ1) is 41.5. The zero-order chi connectivity index (χ0) is 42.2. The van der Waals surface area contributed by atoms with E-state index < -0.39 is 11.2 Å². The number of hydrogen-bond acceptors (Lipinski definition) is 7. The number of ether oxygens (including phenoxy) is 1. The van der Waals surface area contributed by atoms with Gasteiger partial charge >= 0.3 is 5.97 Å². The largest absolute Gasteiger partial charge is 0.466 e. The third-order valence-corrected chi connectivity index (χ3v) is 13.9. The van der Waals surface area contributed by atoms with Crippen molar-refractivity contribution in [1.29, 1.82) is 0 Å². The molecular formula is C48H50F2N6O2S2. The van der Waals surface area contributed by atoms with Crippen molar-refractivity contribution < 1.29 is 18.3 Å². The molecule has 0 aliphatic carbocycles. The minimum absolute atomic E-state index is 0.180. The Morgan fingerprint density at radius 2 is 1.75 bits per heavy atom. The number of aromatic nitrogens is 6. The molecule has 4 aromatic carbocycles. The zero-order valence-corrected chi connectivity index (χ0v) is 36.6. The predicted molar refractivity (Wildman–Crippen MR) is 236 cm³/mol. The second-order valence-corrected chi connectivity index (χ2v) is 18.8. The van der Waals surface area contributed by atoms with Gasteiger partial charge < -0.3 is 4.74 Å². The Hall–Kier alpha value is -5.20. The van der Waals surface area contributed by atoms with E-state index in [1.165, 1.54) is 23.4 Å². The maximum atomic E-state index is 16.7. The molecule has 0 fully saturated rings. The molecule has 1 unspecified atom stereocenters. The molecule has 4 heterocycles. The third-order valence-electron chi connectivity index (χ3n) is 11.8. The number of halogens is 2.